The Bertz CT molecular complexity index is 595. The molecule has 1 N–H and O–H groups in total. The molecule has 0 fully saturated rings. The molecule has 0 spiro atoms. The van der Waals surface area contributed by atoms with E-state index in [9.17, 15) is 9.90 Å². The van der Waals surface area contributed by atoms with Crippen molar-refractivity contribution in [3.8, 4) is 5.75 Å². The van der Waals surface area contributed by atoms with Crippen LogP contribution in [-0.2, 0) is 4.74 Å². The van der Waals surface area contributed by atoms with Crippen molar-refractivity contribution in [2.24, 2.45) is 0 Å². The SMILES string of the molecule is COc1ccccc1C(=O)[C@H](O)[C@@H](OC)c1ccccc1. The predicted octanol–water partition coefficient (Wildman–Crippen LogP) is 2.63. The van der Waals surface area contributed by atoms with E-state index in [1.807, 2.05) is 30.3 Å². The van der Waals surface area contributed by atoms with Crippen LogP contribution in [-0.4, -0.2) is 31.2 Å². The van der Waals surface area contributed by atoms with Crippen molar-refractivity contribution in [1.29, 1.82) is 0 Å². The quantitative estimate of drug-likeness (QED) is 0.829. The number of benzene rings is 2. The highest BCUT2D eigenvalue weighted by atomic mass is 16.5. The van der Waals surface area contributed by atoms with Crippen LogP contribution in [0.3, 0.4) is 0 Å². The molecule has 0 unspecified atom stereocenters. The number of Topliss-reactive ketones (excluding diaryl/α,β-unsaturated/α-hetero) is 1. The van der Waals surface area contributed by atoms with E-state index < -0.39 is 18.0 Å². The third kappa shape index (κ3) is 3.29. The Morgan fingerprint density at radius 3 is 2.24 bits per heavy atom. The first-order valence-electron chi connectivity index (χ1n) is 6.62. The summed E-state index contributed by atoms with van der Waals surface area (Å²) in [7, 11) is 2.96. The summed E-state index contributed by atoms with van der Waals surface area (Å²) in [5.74, 6) is 0.00705. The van der Waals surface area contributed by atoms with E-state index in [4.69, 9.17) is 9.47 Å². The second-order valence-corrected chi connectivity index (χ2v) is 4.58. The number of hydrogen-bond acceptors (Lipinski definition) is 4. The second-order valence-electron chi connectivity index (χ2n) is 4.58. The van der Waals surface area contributed by atoms with Gasteiger partial charge in [0.1, 0.15) is 18.0 Å². The van der Waals surface area contributed by atoms with Crippen molar-refractivity contribution in [3.05, 3.63) is 65.7 Å². The highest BCUT2D eigenvalue weighted by Gasteiger charge is 2.29. The van der Waals surface area contributed by atoms with Gasteiger partial charge in [-0.05, 0) is 17.7 Å². The van der Waals surface area contributed by atoms with Crippen LogP contribution in [0.2, 0.25) is 0 Å². The lowest BCUT2D eigenvalue weighted by Crippen LogP contribution is -2.29. The van der Waals surface area contributed by atoms with Crippen LogP contribution in [0.15, 0.2) is 54.6 Å². The van der Waals surface area contributed by atoms with Gasteiger partial charge in [-0.2, -0.15) is 0 Å². The van der Waals surface area contributed by atoms with Gasteiger partial charge in [0.15, 0.2) is 5.78 Å². The van der Waals surface area contributed by atoms with E-state index >= 15 is 0 Å². The molecule has 0 heterocycles. The third-order valence-corrected chi connectivity index (χ3v) is 3.31. The number of aliphatic hydroxyl groups is 1. The molecule has 0 aromatic heterocycles. The van der Waals surface area contributed by atoms with Crippen LogP contribution >= 0.6 is 0 Å². The topological polar surface area (TPSA) is 55.8 Å². The van der Waals surface area contributed by atoms with E-state index in [1.54, 1.807) is 24.3 Å². The van der Waals surface area contributed by atoms with Gasteiger partial charge in [0, 0.05) is 7.11 Å². The second kappa shape index (κ2) is 7.02. The minimum Gasteiger partial charge on any atom is -0.496 e. The zero-order valence-corrected chi connectivity index (χ0v) is 12.0. The maximum atomic E-state index is 12.5. The van der Waals surface area contributed by atoms with E-state index in [0.29, 0.717) is 11.3 Å². The molecule has 0 amide bonds. The lowest BCUT2D eigenvalue weighted by Gasteiger charge is -2.21. The lowest BCUT2D eigenvalue weighted by molar-refractivity contribution is -0.00443. The summed E-state index contributed by atoms with van der Waals surface area (Å²) in [6, 6.07) is 16.0. The Morgan fingerprint density at radius 2 is 1.62 bits per heavy atom. The molecule has 0 aliphatic heterocycles. The first kappa shape index (κ1) is 15.2. The fourth-order valence-corrected chi connectivity index (χ4v) is 2.24. The molecule has 0 saturated heterocycles. The van der Waals surface area contributed by atoms with Crippen LogP contribution in [0.4, 0.5) is 0 Å². The number of hydrogen-bond donors (Lipinski definition) is 1. The number of para-hydroxylation sites is 1. The Balaban J connectivity index is 2.29. The molecule has 0 aliphatic rings. The normalized spacial score (nSPS) is 13.5. The van der Waals surface area contributed by atoms with E-state index in [1.165, 1.54) is 14.2 Å². The summed E-state index contributed by atoms with van der Waals surface area (Å²) in [6.45, 7) is 0. The lowest BCUT2D eigenvalue weighted by atomic mass is 9.96. The standard InChI is InChI=1S/C17H18O4/c1-20-14-11-7-6-10-13(14)15(18)16(19)17(21-2)12-8-4-3-5-9-12/h3-11,16-17,19H,1-2H3/t16-,17-/m0/s1. The highest BCUT2D eigenvalue weighted by molar-refractivity contribution is 6.02. The minimum atomic E-state index is -1.30. The summed E-state index contributed by atoms with van der Waals surface area (Å²) in [4.78, 5) is 12.5. The maximum Gasteiger partial charge on any atom is 0.198 e. The minimum absolute atomic E-state index is 0.338. The summed E-state index contributed by atoms with van der Waals surface area (Å²) in [5.41, 5.74) is 1.08. The first-order chi connectivity index (χ1) is 10.2. The molecule has 21 heavy (non-hydrogen) atoms. The summed E-state index contributed by atoms with van der Waals surface area (Å²) >= 11 is 0. The van der Waals surface area contributed by atoms with Crippen molar-refractivity contribution < 1.29 is 19.4 Å². The fourth-order valence-electron chi connectivity index (χ4n) is 2.24. The van der Waals surface area contributed by atoms with Gasteiger partial charge >= 0.3 is 0 Å². The molecule has 4 nitrogen and oxygen atoms in total. The molecular weight excluding hydrogens is 268 g/mol. The molecule has 0 aliphatic carbocycles. The van der Waals surface area contributed by atoms with Crippen molar-refractivity contribution in [2.45, 2.75) is 12.2 Å². The van der Waals surface area contributed by atoms with Crippen molar-refractivity contribution in [3.63, 3.8) is 0 Å². The Hall–Kier alpha value is -2.17. The number of carbonyl (C=O) groups excluding carboxylic acids is 1. The average molecular weight is 286 g/mol. The van der Waals surface area contributed by atoms with Crippen molar-refractivity contribution in [1.82, 2.24) is 0 Å². The average Bonchev–Trinajstić information content (AvgIpc) is 2.55. The van der Waals surface area contributed by atoms with E-state index in [0.717, 1.165) is 5.56 Å². The Kier molecular flexibility index (Phi) is 5.09. The van der Waals surface area contributed by atoms with Crippen LogP contribution in [0, 0.1) is 0 Å². The van der Waals surface area contributed by atoms with Gasteiger partial charge in [-0.25, -0.2) is 0 Å². The van der Waals surface area contributed by atoms with Gasteiger partial charge in [0.05, 0.1) is 12.7 Å². The zero-order chi connectivity index (χ0) is 15.2. The van der Waals surface area contributed by atoms with Gasteiger partial charge in [0.25, 0.3) is 0 Å². The number of carbonyl (C=O) groups is 1. The Morgan fingerprint density at radius 1 is 1.00 bits per heavy atom. The molecule has 2 rings (SSSR count). The maximum absolute atomic E-state index is 12.5. The van der Waals surface area contributed by atoms with E-state index in [-0.39, 0.29) is 0 Å². The van der Waals surface area contributed by atoms with Gasteiger partial charge in [0.2, 0.25) is 0 Å². The highest BCUT2D eigenvalue weighted by Crippen LogP contribution is 2.26. The molecule has 0 radical (unpaired) electrons. The van der Waals surface area contributed by atoms with Crippen LogP contribution in [0.5, 0.6) is 5.75 Å². The van der Waals surface area contributed by atoms with Crippen LogP contribution < -0.4 is 4.74 Å². The van der Waals surface area contributed by atoms with Gasteiger partial charge in [-0.15, -0.1) is 0 Å². The summed E-state index contributed by atoms with van der Waals surface area (Å²) in [6.07, 6.45) is -2.02. The number of methoxy groups -OCH3 is 2. The molecule has 2 aromatic rings. The summed E-state index contributed by atoms with van der Waals surface area (Å²) in [5, 5.41) is 10.4. The Labute approximate surface area is 123 Å². The van der Waals surface area contributed by atoms with Gasteiger partial charge in [-0.1, -0.05) is 42.5 Å². The number of ether oxygens (including phenoxy) is 2. The number of ketones is 1. The molecule has 2 aromatic carbocycles. The number of aliphatic hydroxyl groups excluding tert-OH is 1. The van der Waals surface area contributed by atoms with E-state index in [2.05, 4.69) is 0 Å². The monoisotopic (exact) mass is 286 g/mol. The summed E-state index contributed by atoms with van der Waals surface area (Å²) < 4.78 is 10.5. The third-order valence-electron chi connectivity index (χ3n) is 3.31. The molecule has 0 bridgehead atoms. The first-order valence-corrected chi connectivity index (χ1v) is 6.62. The van der Waals surface area contributed by atoms with Crippen LogP contribution in [0.25, 0.3) is 0 Å². The number of rotatable bonds is 6. The van der Waals surface area contributed by atoms with Gasteiger partial charge < -0.3 is 14.6 Å². The molecular formula is C17H18O4. The largest absolute Gasteiger partial charge is 0.496 e. The zero-order valence-electron chi connectivity index (χ0n) is 12.0. The molecule has 2 atom stereocenters. The molecule has 4 heteroatoms. The molecule has 0 saturated carbocycles. The predicted molar refractivity (Wildman–Crippen MR) is 79.5 cm³/mol. The van der Waals surface area contributed by atoms with Crippen LogP contribution in [0.1, 0.15) is 22.0 Å². The van der Waals surface area contributed by atoms with Crippen molar-refractivity contribution >= 4 is 5.78 Å². The molecule has 110 valence electrons. The van der Waals surface area contributed by atoms with Crippen molar-refractivity contribution in [2.75, 3.05) is 14.2 Å². The smallest absolute Gasteiger partial charge is 0.198 e. The fraction of sp³-hybridized carbons (Fsp3) is 0.235. The van der Waals surface area contributed by atoms with Gasteiger partial charge in [-0.3, -0.25) is 4.79 Å².